The van der Waals surface area contributed by atoms with Gasteiger partial charge in [0.05, 0.1) is 38.9 Å². The summed E-state index contributed by atoms with van der Waals surface area (Å²) in [4.78, 5) is 39.0. The molecule has 1 atom stereocenters. The number of hydrogen-bond acceptors (Lipinski definition) is 6. The summed E-state index contributed by atoms with van der Waals surface area (Å²) in [6, 6.07) is 6.88. The molecule has 1 N–H and O–H groups in total. The standard InChI is InChI=1S/C24H16ClF2N5O2/c1-12(30-22-21-17(28-11-29-22)5-3-7-19(21)33)23-31-18-6-2-4-16(25)20(18)24(34)32(23)15-9-13(26)8-14(27)10-15/h2-4,6-12H,5H2,1H3,(H,28,29,30)/t12-/m0/s1. The van der Waals surface area contributed by atoms with E-state index in [0.717, 1.165) is 16.7 Å². The summed E-state index contributed by atoms with van der Waals surface area (Å²) in [6.45, 7) is 1.70. The SMILES string of the molecule is C[C@H](Nc1ncnc2c1C(=O)C=CC2)c1nc2cccc(Cl)c2c(=O)n1-c1cc(F)cc(F)c1. The van der Waals surface area contributed by atoms with Gasteiger partial charge >= 0.3 is 0 Å². The fourth-order valence-corrected chi connectivity index (χ4v) is 4.24. The third kappa shape index (κ3) is 3.73. The van der Waals surface area contributed by atoms with Gasteiger partial charge in [0.2, 0.25) is 0 Å². The summed E-state index contributed by atoms with van der Waals surface area (Å²) in [6.07, 6.45) is 4.98. The molecule has 2 aromatic heterocycles. The smallest absolute Gasteiger partial charge is 0.267 e. The number of carbonyl (C=O) groups is 1. The van der Waals surface area contributed by atoms with E-state index >= 15 is 0 Å². The molecule has 5 rings (SSSR count). The van der Waals surface area contributed by atoms with Crippen molar-refractivity contribution in [2.24, 2.45) is 0 Å². The van der Waals surface area contributed by atoms with Crippen molar-refractivity contribution in [2.45, 2.75) is 19.4 Å². The summed E-state index contributed by atoms with van der Waals surface area (Å²) in [5.74, 6) is -1.54. The van der Waals surface area contributed by atoms with Crippen LogP contribution in [0.15, 0.2) is 59.7 Å². The Hall–Kier alpha value is -3.98. The fourth-order valence-electron chi connectivity index (χ4n) is 3.99. The number of halogens is 3. The van der Waals surface area contributed by atoms with Crippen LogP contribution in [0.25, 0.3) is 16.6 Å². The highest BCUT2D eigenvalue weighted by atomic mass is 35.5. The molecule has 0 saturated carbocycles. The van der Waals surface area contributed by atoms with Crippen LogP contribution < -0.4 is 10.9 Å². The van der Waals surface area contributed by atoms with Crippen molar-refractivity contribution in [3.05, 3.63) is 99.0 Å². The minimum absolute atomic E-state index is 0.0517. The Morgan fingerprint density at radius 2 is 1.88 bits per heavy atom. The van der Waals surface area contributed by atoms with Gasteiger partial charge in [-0.05, 0) is 37.3 Å². The van der Waals surface area contributed by atoms with Gasteiger partial charge in [-0.25, -0.2) is 23.7 Å². The number of fused-ring (bicyclic) bond motifs is 2. The molecule has 4 aromatic rings. The van der Waals surface area contributed by atoms with E-state index in [1.165, 1.54) is 18.5 Å². The maximum Gasteiger partial charge on any atom is 0.267 e. The van der Waals surface area contributed by atoms with Gasteiger partial charge in [0, 0.05) is 12.5 Å². The van der Waals surface area contributed by atoms with Crippen LogP contribution in [0.1, 0.15) is 34.8 Å². The van der Waals surface area contributed by atoms with Gasteiger partial charge in [-0.15, -0.1) is 0 Å². The van der Waals surface area contributed by atoms with E-state index < -0.39 is 23.2 Å². The zero-order chi connectivity index (χ0) is 24.0. The van der Waals surface area contributed by atoms with Crippen molar-refractivity contribution in [1.82, 2.24) is 19.5 Å². The van der Waals surface area contributed by atoms with Crippen molar-refractivity contribution in [2.75, 3.05) is 5.32 Å². The largest absolute Gasteiger partial charge is 0.360 e. The van der Waals surface area contributed by atoms with Crippen LogP contribution in [-0.2, 0) is 6.42 Å². The number of anilines is 1. The molecule has 0 aliphatic heterocycles. The molecular formula is C24H16ClF2N5O2. The molecule has 0 spiro atoms. The second kappa shape index (κ2) is 8.42. The molecule has 34 heavy (non-hydrogen) atoms. The molecule has 0 amide bonds. The van der Waals surface area contributed by atoms with Crippen LogP contribution in [0.2, 0.25) is 5.02 Å². The molecule has 2 heterocycles. The number of carbonyl (C=O) groups excluding carboxylic acids is 1. The van der Waals surface area contributed by atoms with Crippen LogP contribution in [0.5, 0.6) is 0 Å². The molecule has 1 aliphatic rings. The van der Waals surface area contributed by atoms with Gasteiger partial charge in [-0.3, -0.25) is 14.2 Å². The highest BCUT2D eigenvalue weighted by Gasteiger charge is 2.24. The van der Waals surface area contributed by atoms with Crippen molar-refractivity contribution in [3.8, 4) is 5.69 Å². The van der Waals surface area contributed by atoms with Gasteiger partial charge in [0.25, 0.3) is 5.56 Å². The molecule has 1 aliphatic carbocycles. The monoisotopic (exact) mass is 479 g/mol. The maximum atomic E-state index is 14.1. The van der Waals surface area contributed by atoms with Gasteiger partial charge in [0.15, 0.2) is 5.78 Å². The lowest BCUT2D eigenvalue weighted by atomic mass is 10.0. The Balaban J connectivity index is 1.71. The van der Waals surface area contributed by atoms with E-state index in [0.29, 0.717) is 29.3 Å². The number of aromatic nitrogens is 4. The van der Waals surface area contributed by atoms with Crippen molar-refractivity contribution >= 4 is 34.1 Å². The van der Waals surface area contributed by atoms with Crippen molar-refractivity contribution in [3.63, 3.8) is 0 Å². The fraction of sp³-hybridized carbons (Fsp3) is 0.125. The first-order valence-corrected chi connectivity index (χ1v) is 10.7. The van der Waals surface area contributed by atoms with Crippen LogP contribution in [-0.4, -0.2) is 25.3 Å². The van der Waals surface area contributed by atoms with Crippen molar-refractivity contribution < 1.29 is 13.6 Å². The number of rotatable bonds is 4. The number of hydrogen-bond donors (Lipinski definition) is 1. The molecule has 10 heteroatoms. The third-order valence-electron chi connectivity index (χ3n) is 5.47. The molecule has 170 valence electrons. The van der Waals surface area contributed by atoms with Gasteiger partial charge in [-0.1, -0.05) is 23.7 Å². The van der Waals surface area contributed by atoms with E-state index in [4.69, 9.17) is 11.6 Å². The first-order valence-electron chi connectivity index (χ1n) is 10.3. The summed E-state index contributed by atoms with van der Waals surface area (Å²) < 4.78 is 29.2. The average molecular weight is 480 g/mol. The first-order chi connectivity index (χ1) is 16.3. The number of nitrogens with zero attached hydrogens (tertiary/aromatic N) is 4. The van der Waals surface area contributed by atoms with Crippen LogP contribution >= 0.6 is 11.6 Å². The van der Waals surface area contributed by atoms with Crippen molar-refractivity contribution in [1.29, 1.82) is 0 Å². The first kappa shape index (κ1) is 21.8. The lowest BCUT2D eigenvalue weighted by Gasteiger charge is -2.22. The molecule has 2 aromatic carbocycles. The zero-order valence-electron chi connectivity index (χ0n) is 17.7. The third-order valence-corrected chi connectivity index (χ3v) is 5.79. The lowest BCUT2D eigenvalue weighted by Crippen LogP contribution is -2.28. The van der Waals surface area contributed by atoms with Crippen LogP contribution in [0.4, 0.5) is 14.6 Å². The molecule has 0 saturated heterocycles. The lowest BCUT2D eigenvalue weighted by molar-refractivity contribution is 0.104. The highest BCUT2D eigenvalue weighted by Crippen LogP contribution is 2.27. The Morgan fingerprint density at radius 1 is 1.12 bits per heavy atom. The second-order valence-electron chi connectivity index (χ2n) is 7.75. The molecule has 7 nitrogen and oxygen atoms in total. The van der Waals surface area contributed by atoms with E-state index in [9.17, 15) is 18.4 Å². The molecule has 0 fully saturated rings. The Labute approximate surface area is 196 Å². The van der Waals surface area contributed by atoms with Gasteiger partial charge < -0.3 is 5.32 Å². The number of benzene rings is 2. The number of allylic oxidation sites excluding steroid dienone is 2. The van der Waals surface area contributed by atoms with Crippen LogP contribution in [0, 0.1) is 11.6 Å². The number of nitrogens with one attached hydrogen (secondary N) is 1. The average Bonchev–Trinajstić information content (AvgIpc) is 2.78. The quantitative estimate of drug-likeness (QED) is 0.461. The van der Waals surface area contributed by atoms with E-state index in [1.807, 2.05) is 0 Å². The normalized spacial score (nSPS) is 13.7. The maximum absolute atomic E-state index is 14.1. The topological polar surface area (TPSA) is 89.8 Å². The molecule has 0 unspecified atom stereocenters. The minimum atomic E-state index is -0.852. The summed E-state index contributed by atoms with van der Waals surface area (Å²) in [5.41, 5.74) is 0.571. The van der Waals surface area contributed by atoms with E-state index in [1.54, 1.807) is 25.1 Å². The predicted molar refractivity (Wildman–Crippen MR) is 124 cm³/mol. The Kier molecular flexibility index (Phi) is 5.41. The summed E-state index contributed by atoms with van der Waals surface area (Å²) in [5, 5.41) is 3.39. The van der Waals surface area contributed by atoms with E-state index in [-0.39, 0.29) is 33.5 Å². The Bertz CT molecular complexity index is 1550. The Morgan fingerprint density at radius 3 is 2.65 bits per heavy atom. The zero-order valence-corrected chi connectivity index (χ0v) is 18.5. The molecule has 0 bridgehead atoms. The summed E-state index contributed by atoms with van der Waals surface area (Å²) >= 11 is 6.26. The molecular weight excluding hydrogens is 464 g/mol. The molecule has 0 radical (unpaired) electrons. The van der Waals surface area contributed by atoms with Gasteiger partial charge in [0.1, 0.15) is 29.6 Å². The van der Waals surface area contributed by atoms with E-state index in [2.05, 4.69) is 20.3 Å². The minimum Gasteiger partial charge on any atom is -0.360 e. The van der Waals surface area contributed by atoms with Gasteiger partial charge in [-0.2, -0.15) is 0 Å². The van der Waals surface area contributed by atoms with Crippen LogP contribution in [0.3, 0.4) is 0 Å². The predicted octanol–water partition coefficient (Wildman–Crippen LogP) is 4.58. The summed E-state index contributed by atoms with van der Waals surface area (Å²) in [7, 11) is 0. The second-order valence-corrected chi connectivity index (χ2v) is 8.16. The number of ketones is 1. The highest BCUT2D eigenvalue weighted by molar-refractivity contribution is 6.35.